The number of anilines is 1. The number of methoxy groups -OCH3 is 1. The average Bonchev–Trinajstić information content (AvgIpc) is 3.57. The van der Waals surface area contributed by atoms with Gasteiger partial charge in [0.15, 0.2) is 0 Å². The molecule has 6 aromatic rings. The summed E-state index contributed by atoms with van der Waals surface area (Å²) in [6, 6.07) is 30.4. The number of benzene rings is 5. The van der Waals surface area contributed by atoms with Gasteiger partial charge in [-0.3, -0.25) is 15.0 Å². The first kappa shape index (κ1) is 33.8. The molecule has 54 heavy (non-hydrogen) atoms. The standard InChI is InChI=1S/C41H31Cl2N5O6/c1-54-27-15-12-24(13-16-27)41-31(37(50)47(38(41)51)44-33-18-14-25(42)21-32(33)43)22-34-29(35(41)30-17-11-23-7-5-6-10-28(23)36(30)49)19-20-45-39(52)46(40(53)48(34)45)26-8-3-2-4-9-26/h2-19,21,31,34-35,44,49H,20,22H2,1H3. The van der Waals surface area contributed by atoms with Crippen LogP contribution in [0.15, 0.2) is 130 Å². The number of phenols is 1. The van der Waals surface area contributed by atoms with Crippen molar-refractivity contribution in [3.8, 4) is 17.2 Å². The van der Waals surface area contributed by atoms with Crippen molar-refractivity contribution in [3.63, 3.8) is 0 Å². The van der Waals surface area contributed by atoms with E-state index in [1.807, 2.05) is 30.3 Å². The Labute approximate surface area is 317 Å². The molecule has 1 saturated carbocycles. The van der Waals surface area contributed by atoms with E-state index >= 15 is 4.79 Å². The number of fused-ring (bicyclic) bond motifs is 5. The van der Waals surface area contributed by atoms with Crippen LogP contribution in [0.4, 0.5) is 5.69 Å². The molecule has 2 amide bonds. The monoisotopic (exact) mass is 759 g/mol. The Morgan fingerprint density at radius 2 is 1.59 bits per heavy atom. The summed E-state index contributed by atoms with van der Waals surface area (Å²) in [6.07, 6.45) is 1.84. The zero-order chi connectivity index (χ0) is 37.5. The maximum Gasteiger partial charge on any atom is 0.352 e. The van der Waals surface area contributed by atoms with Gasteiger partial charge in [0.05, 0.1) is 47.4 Å². The van der Waals surface area contributed by atoms with Crippen molar-refractivity contribution in [1.82, 2.24) is 18.9 Å². The third kappa shape index (κ3) is 4.74. The van der Waals surface area contributed by atoms with E-state index in [9.17, 15) is 19.5 Å². The van der Waals surface area contributed by atoms with Gasteiger partial charge in [-0.25, -0.2) is 23.5 Å². The Morgan fingerprint density at radius 1 is 0.852 bits per heavy atom. The van der Waals surface area contributed by atoms with Crippen LogP contribution in [0.1, 0.15) is 29.5 Å². The zero-order valence-electron chi connectivity index (χ0n) is 28.6. The molecule has 4 atom stereocenters. The van der Waals surface area contributed by atoms with E-state index in [1.54, 1.807) is 78.9 Å². The molecule has 3 aliphatic rings. The van der Waals surface area contributed by atoms with Crippen molar-refractivity contribution in [2.45, 2.75) is 30.3 Å². The lowest BCUT2D eigenvalue weighted by Crippen LogP contribution is -2.53. The first-order valence-corrected chi connectivity index (χ1v) is 18.1. The van der Waals surface area contributed by atoms with Crippen LogP contribution >= 0.6 is 23.2 Å². The lowest BCUT2D eigenvalue weighted by atomic mass is 9.53. The fraction of sp³-hybridized carbons (Fsp3) is 0.171. The lowest BCUT2D eigenvalue weighted by molar-refractivity contribution is -0.138. The quantitative estimate of drug-likeness (QED) is 0.145. The number of rotatable bonds is 6. The molecule has 1 aliphatic carbocycles. The first-order chi connectivity index (χ1) is 26.1. The van der Waals surface area contributed by atoms with E-state index in [4.69, 9.17) is 27.9 Å². The Bertz CT molecular complexity index is 2690. The predicted molar refractivity (Wildman–Crippen MR) is 204 cm³/mol. The minimum atomic E-state index is -1.65. The van der Waals surface area contributed by atoms with E-state index in [-0.39, 0.29) is 29.4 Å². The molecule has 13 heteroatoms. The normalized spacial score (nSPS) is 21.7. The van der Waals surface area contributed by atoms with E-state index < -0.39 is 46.5 Å². The number of nitrogens with zero attached hydrogens (tertiary/aromatic N) is 4. The van der Waals surface area contributed by atoms with Crippen LogP contribution in [-0.2, 0) is 21.5 Å². The summed E-state index contributed by atoms with van der Waals surface area (Å²) in [5.74, 6) is -2.75. The number of aromatic hydroxyl groups is 1. The molecule has 2 fully saturated rings. The molecule has 0 spiro atoms. The van der Waals surface area contributed by atoms with Crippen molar-refractivity contribution in [2.75, 3.05) is 12.5 Å². The van der Waals surface area contributed by atoms with E-state index in [0.717, 1.165) is 15.0 Å². The van der Waals surface area contributed by atoms with Crippen molar-refractivity contribution in [1.29, 1.82) is 0 Å². The molecule has 5 aromatic carbocycles. The molecule has 1 saturated heterocycles. The highest BCUT2D eigenvalue weighted by Crippen LogP contribution is 2.63. The van der Waals surface area contributed by atoms with Gasteiger partial charge in [-0.1, -0.05) is 96.0 Å². The maximum atomic E-state index is 15.5. The molecule has 9 rings (SSSR count). The van der Waals surface area contributed by atoms with Gasteiger partial charge >= 0.3 is 11.4 Å². The molecule has 2 aliphatic heterocycles. The Morgan fingerprint density at radius 3 is 2.33 bits per heavy atom. The predicted octanol–water partition coefficient (Wildman–Crippen LogP) is 6.59. The second kappa shape index (κ2) is 12.5. The van der Waals surface area contributed by atoms with Crippen molar-refractivity contribution in [2.24, 2.45) is 5.92 Å². The first-order valence-electron chi connectivity index (χ1n) is 17.3. The molecule has 1 aromatic heterocycles. The summed E-state index contributed by atoms with van der Waals surface area (Å²) >= 11 is 12.7. The number of allylic oxidation sites excluding steroid dienone is 2. The molecule has 3 heterocycles. The molecule has 270 valence electrons. The maximum absolute atomic E-state index is 15.5. The molecular formula is C41H31Cl2N5O6. The van der Waals surface area contributed by atoms with Crippen LogP contribution in [-0.4, -0.2) is 43.0 Å². The third-order valence-electron chi connectivity index (χ3n) is 11.1. The minimum absolute atomic E-state index is 0.0123. The highest BCUT2D eigenvalue weighted by Gasteiger charge is 2.69. The van der Waals surface area contributed by atoms with Gasteiger partial charge in [-0.15, -0.1) is 0 Å². The van der Waals surface area contributed by atoms with Crippen molar-refractivity contribution >= 4 is 51.5 Å². The Kier molecular flexibility index (Phi) is 7.84. The second-order valence-electron chi connectivity index (χ2n) is 13.6. The number of phenolic OH excluding ortho intramolecular Hbond substituents is 1. The SMILES string of the molecule is COc1ccc(C23C(=O)N(Nc4ccc(Cl)cc4Cl)C(=O)C2CC2C(=CCn4c(=O)n(-c5ccccc5)c(=O)n42)C3c2ccc3ccccc3c2O)cc1. The largest absolute Gasteiger partial charge is 0.507 e. The van der Waals surface area contributed by atoms with Crippen LogP contribution in [0.5, 0.6) is 11.5 Å². The van der Waals surface area contributed by atoms with Crippen LogP contribution in [0, 0.1) is 5.92 Å². The van der Waals surface area contributed by atoms with Gasteiger partial charge in [-0.05, 0) is 65.4 Å². The number of carbonyl (C=O) groups is 2. The van der Waals surface area contributed by atoms with E-state index in [0.29, 0.717) is 38.5 Å². The molecule has 11 nitrogen and oxygen atoms in total. The molecule has 4 unspecified atom stereocenters. The van der Waals surface area contributed by atoms with Crippen LogP contribution in [0.2, 0.25) is 10.0 Å². The van der Waals surface area contributed by atoms with E-state index in [2.05, 4.69) is 5.43 Å². The summed E-state index contributed by atoms with van der Waals surface area (Å²) < 4.78 is 9.36. The number of ether oxygens (including phenoxy) is 1. The lowest BCUT2D eigenvalue weighted by Gasteiger charge is -2.49. The van der Waals surface area contributed by atoms with Crippen molar-refractivity contribution < 1.29 is 19.4 Å². The Hall–Kier alpha value is -6.04. The van der Waals surface area contributed by atoms with Crippen molar-refractivity contribution in [3.05, 3.63) is 163 Å². The molecule has 0 bridgehead atoms. The number of amides is 2. The number of hydrogen-bond acceptors (Lipinski definition) is 7. The number of imide groups is 1. The summed E-state index contributed by atoms with van der Waals surface area (Å²) in [5.41, 5.74) is 2.41. The van der Waals surface area contributed by atoms with E-state index in [1.165, 1.54) is 22.5 Å². The average molecular weight is 761 g/mol. The van der Waals surface area contributed by atoms with Crippen LogP contribution < -0.4 is 21.5 Å². The summed E-state index contributed by atoms with van der Waals surface area (Å²) in [5, 5.41) is 15.1. The smallest absolute Gasteiger partial charge is 0.352 e. The number of nitrogens with one attached hydrogen (secondary N) is 1. The zero-order valence-corrected chi connectivity index (χ0v) is 30.2. The number of para-hydroxylation sites is 1. The number of carbonyl (C=O) groups excluding carboxylic acids is 2. The van der Waals surface area contributed by atoms with Gasteiger partial charge in [0.2, 0.25) is 0 Å². The number of aromatic nitrogens is 3. The highest BCUT2D eigenvalue weighted by atomic mass is 35.5. The Balaban J connectivity index is 1.32. The summed E-state index contributed by atoms with van der Waals surface area (Å²) in [4.78, 5) is 58.8. The molecular weight excluding hydrogens is 729 g/mol. The van der Waals surface area contributed by atoms with Gasteiger partial charge < -0.3 is 9.84 Å². The van der Waals surface area contributed by atoms with Crippen LogP contribution in [0.25, 0.3) is 16.5 Å². The number of halogens is 2. The molecule has 2 N–H and O–H groups in total. The highest BCUT2D eigenvalue weighted by molar-refractivity contribution is 6.36. The molecule has 0 radical (unpaired) electrons. The fourth-order valence-electron chi connectivity index (χ4n) is 8.75. The number of hydrogen-bond donors (Lipinski definition) is 2. The minimum Gasteiger partial charge on any atom is -0.507 e. The third-order valence-corrected chi connectivity index (χ3v) is 11.6. The fourth-order valence-corrected chi connectivity index (χ4v) is 9.20. The second-order valence-corrected chi connectivity index (χ2v) is 14.5. The number of hydrazine groups is 1. The van der Waals surface area contributed by atoms with Gasteiger partial charge in [-0.2, -0.15) is 5.01 Å². The van der Waals surface area contributed by atoms with Gasteiger partial charge in [0.25, 0.3) is 11.8 Å². The van der Waals surface area contributed by atoms with Gasteiger partial charge in [0, 0.05) is 21.9 Å². The summed E-state index contributed by atoms with van der Waals surface area (Å²) in [7, 11) is 1.54. The summed E-state index contributed by atoms with van der Waals surface area (Å²) in [6.45, 7) is 0.0123. The topological polar surface area (TPSA) is 128 Å². The van der Waals surface area contributed by atoms with Gasteiger partial charge in [0.1, 0.15) is 11.5 Å². The van der Waals surface area contributed by atoms with Crippen LogP contribution in [0.3, 0.4) is 0 Å².